The summed E-state index contributed by atoms with van der Waals surface area (Å²) in [4.78, 5) is 18.7. The lowest BCUT2D eigenvalue weighted by Crippen LogP contribution is -2.18. The number of halogens is 2. The number of nitrogens with one attached hydrogen (secondary N) is 1. The van der Waals surface area contributed by atoms with Gasteiger partial charge in [0.25, 0.3) is 0 Å². The van der Waals surface area contributed by atoms with E-state index < -0.39 is 0 Å². The van der Waals surface area contributed by atoms with Crippen molar-refractivity contribution >= 4 is 46.7 Å². The van der Waals surface area contributed by atoms with Crippen LogP contribution < -0.4 is 10.2 Å². The zero-order chi connectivity index (χ0) is 16.9. The molecule has 1 N–H and O–H groups in total. The highest BCUT2D eigenvalue weighted by Crippen LogP contribution is 2.22. The standard InChI is InChI=1S/C18H17Cl2N3O/c19-14-5-3-13(16(20)11-14)4-8-18(24)22-15-6-7-17(21-12-15)23-9-1-2-10-23/h3-8,11-12H,1-2,9-10H2,(H,22,24)/b8-4+. The number of benzene rings is 1. The maximum Gasteiger partial charge on any atom is 0.248 e. The first-order valence-corrected chi connectivity index (χ1v) is 8.52. The number of amides is 1. The molecule has 0 radical (unpaired) electrons. The molecule has 1 fully saturated rings. The SMILES string of the molecule is O=C(/C=C/c1ccc(Cl)cc1Cl)Nc1ccc(N2CCCC2)nc1. The monoisotopic (exact) mass is 361 g/mol. The molecule has 1 aromatic carbocycles. The van der Waals surface area contributed by atoms with Crippen LogP contribution in [0.15, 0.2) is 42.6 Å². The van der Waals surface area contributed by atoms with Gasteiger partial charge in [0.1, 0.15) is 5.82 Å². The Morgan fingerprint density at radius 2 is 1.96 bits per heavy atom. The van der Waals surface area contributed by atoms with E-state index in [0.717, 1.165) is 24.5 Å². The predicted molar refractivity (Wildman–Crippen MR) is 99.8 cm³/mol. The molecule has 1 saturated heterocycles. The van der Waals surface area contributed by atoms with Crippen molar-refractivity contribution in [2.45, 2.75) is 12.8 Å². The molecule has 0 saturated carbocycles. The van der Waals surface area contributed by atoms with Crippen LogP contribution in [0.25, 0.3) is 6.08 Å². The van der Waals surface area contributed by atoms with Crippen LogP contribution in [0.1, 0.15) is 18.4 Å². The van der Waals surface area contributed by atoms with E-state index in [4.69, 9.17) is 23.2 Å². The quantitative estimate of drug-likeness (QED) is 0.806. The summed E-state index contributed by atoms with van der Waals surface area (Å²) in [6, 6.07) is 8.93. The van der Waals surface area contributed by atoms with E-state index >= 15 is 0 Å². The van der Waals surface area contributed by atoms with Gasteiger partial charge in [-0.1, -0.05) is 29.3 Å². The Morgan fingerprint density at radius 1 is 1.17 bits per heavy atom. The second kappa shape index (κ2) is 7.69. The molecule has 6 heteroatoms. The normalized spacial score (nSPS) is 14.3. The van der Waals surface area contributed by atoms with Gasteiger partial charge in [0, 0.05) is 29.2 Å². The Bertz CT molecular complexity index is 753. The van der Waals surface area contributed by atoms with Crippen molar-refractivity contribution in [1.82, 2.24) is 4.98 Å². The molecule has 0 bridgehead atoms. The van der Waals surface area contributed by atoms with Crippen molar-refractivity contribution in [2.75, 3.05) is 23.3 Å². The van der Waals surface area contributed by atoms with Crippen LogP contribution in [-0.2, 0) is 4.79 Å². The Labute approximate surface area is 151 Å². The fraction of sp³-hybridized carbons (Fsp3) is 0.222. The lowest BCUT2D eigenvalue weighted by Gasteiger charge is -2.16. The molecule has 1 aromatic heterocycles. The van der Waals surface area contributed by atoms with E-state index in [0.29, 0.717) is 15.7 Å². The van der Waals surface area contributed by atoms with Crippen molar-refractivity contribution in [3.8, 4) is 0 Å². The number of nitrogens with zero attached hydrogens (tertiary/aromatic N) is 2. The zero-order valence-corrected chi connectivity index (χ0v) is 14.5. The molecule has 2 heterocycles. The first-order valence-electron chi connectivity index (χ1n) is 7.77. The molecule has 124 valence electrons. The third-order valence-electron chi connectivity index (χ3n) is 3.82. The van der Waals surface area contributed by atoms with Crippen LogP contribution in [0.3, 0.4) is 0 Å². The number of carbonyl (C=O) groups excluding carboxylic acids is 1. The first kappa shape index (κ1) is 16.8. The highest BCUT2D eigenvalue weighted by atomic mass is 35.5. The lowest BCUT2D eigenvalue weighted by atomic mass is 10.2. The summed E-state index contributed by atoms with van der Waals surface area (Å²) in [6.07, 6.45) is 7.18. The highest BCUT2D eigenvalue weighted by molar-refractivity contribution is 6.35. The number of hydrogen-bond acceptors (Lipinski definition) is 3. The largest absolute Gasteiger partial charge is 0.357 e. The van der Waals surface area contributed by atoms with Crippen LogP contribution in [0.5, 0.6) is 0 Å². The molecule has 1 aliphatic rings. The van der Waals surface area contributed by atoms with E-state index in [1.807, 2.05) is 12.1 Å². The van der Waals surface area contributed by atoms with Crippen LogP contribution >= 0.6 is 23.2 Å². The number of hydrogen-bond donors (Lipinski definition) is 1. The predicted octanol–water partition coefficient (Wildman–Crippen LogP) is 4.64. The van der Waals surface area contributed by atoms with Crippen LogP contribution in [0.2, 0.25) is 10.0 Å². The van der Waals surface area contributed by atoms with Gasteiger partial charge in [-0.2, -0.15) is 0 Å². The Hall–Kier alpha value is -2.04. The van der Waals surface area contributed by atoms with Gasteiger partial charge in [0.2, 0.25) is 5.91 Å². The van der Waals surface area contributed by atoms with Gasteiger partial charge in [-0.3, -0.25) is 4.79 Å². The van der Waals surface area contributed by atoms with Gasteiger partial charge in [-0.15, -0.1) is 0 Å². The third kappa shape index (κ3) is 4.28. The fourth-order valence-electron chi connectivity index (χ4n) is 2.58. The van der Waals surface area contributed by atoms with E-state index in [9.17, 15) is 4.79 Å². The van der Waals surface area contributed by atoms with Crippen molar-refractivity contribution < 1.29 is 4.79 Å². The summed E-state index contributed by atoms with van der Waals surface area (Å²) in [6.45, 7) is 2.09. The van der Waals surface area contributed by atoms with Crippen LogP contribution in [0.4, 0.5) is 11.5 Å². The molecule has 2 aromatic rings. The topological polar surface area (TPSA) is 45.2 Å². The average molecular weight is 362 g/mol. The van der Waals surface area contributed by atoms with Gasteiger partial charge in [-0.05, 0) is 48.7 Å². The lowest BCUT2D eigenvalue weighted by molar-refractivity contribution is -0.111. The molecule has 0 spiro atoms. The van der Waals surface area contributed by atoms with Crippen LogP contribution in [-0.4, -0.2) is 24.0 Å². The van der Waals surface area contributed by atoms with Gasteiger partial charge in [0.05, 0.1) is 11.9 Å². The maximum atomic E-state index is 12.0. The number of aromatic nitrogens is 1. The molecule has 0 atom stereocenters. The number of pyridine rings is 1. The highest BCUT2D eigenvalue weighted by Gasteiger charge is 2.13. The number of rotatable bonds is 4. The van der Waals surface area contributed by atoms with Gasteiger partial charge >= 0.3 is 0 Å². The molecule has 0 unspecified atom stereocenters. The molecule has 1 amide bonds. The third-order valence-corrected chi connectivity index (χ3v) is 4.38. The smallest absolute Gasteiger partial charge is 0.248 e. The summed E-state index contributed by atoms with van der Waals surface area (Å²) in [5.74, 6) is 0.714. The van der Waals surface area contributed by atoms with Gasteiger partial charge < -0.3 is 10.2 Å². The Balaban J connectivity index is 1.60. The van der Waals surface area contributed by atoms with Crippen molar-refractivity contribution in [3.05, 3.63) is 58.2 Å². The minimum atomic E-state index is -0.239. The molecule has 24 heavy (non-hydrogen) atoms. The molecule has 1 aliphatic heterocycles. The van der Waals surface area contributed by atoms with E-state index in [-0.39, 0.29) is 5.91 Å². The van der Waals surface area contributed by atoms with Crippen molar-refractivity contribution in [1.29, 1.82) is 0 Å². The number of anilines is 2. The maximum absolute atomic E-state index is 12.0. The van der Waals surface area contributed by atoms with E-state index in [1.54, 1.807) is 30.5 Å². The zero-order valence-electron chi connectivity index (χ0n) is 13.0. The van der Waals surface area contributed by atoms with Gasteiger partial charge in [0.15, 0.2) is 0 Å². The summed E-state index contributed by atoms with van der Waals surface area (Å²) in [7, 11) is 0. The molecule has 3 rings (SSSR count). The minimum absolute atomic E-state index is 0.239. The molecular formula is C18H17Cl2N3O. The van der Waals surface area contributed by atoms with E-state index in [2.05, 4.69) is 15.2 Å². The average Bonchev–Trinajstić information content (AvgIpc) is 3.09. The first-order chi connectivity index (χ1) is 11.6. The van der Waals surface area contributed by atoms with Crippen molar-refractivity contribution in [2.24, 2.45) is 0 Å². The summed E-state index contributed by atoms with van der Waals surface area (Å²) < 4.78 is 0. The second-order valence-corrected chi connectivity index (χ2v) is 6.43. The van der Waals surface area contributed by atoms with Crippen molar-refractivity contribution in [3.63, 3.8) is 0 Å². The fourth-order valence-corrected chi connectivity index (χ4v) is 3.05. The van der Waals surface area contributed by atoms with E-state index in [1.165, 1.54) is 18.9 Å². The Morgan fingerprint density at radius 3 is 2.62 bits per heavy atom. The minimum Gasteiger partial charge on any atom is -0.357 e. The summed E-state index contributed by atoms with van der Waals surface area (Å²) in [5.41, 5.74) is 1.40. The van der Waals surface area contributed by atoms with Gasteiger partial charge in [-0.25, -0.2) is 4.98 Å². The molecule has 4 nitrogen and oxygen atoms in total. The number of carbonyl (C=O) groups is 1. The second-order valence-electron chi connectivity index (χ2n) is 5.59. The molecular weight excluding hydrogens is 345 g/mol. The molecule has 0 aliphatic carbocycles. The summed E-state index contributed by atoms with van der Waals surface area (Å²) in [5, 5.41) is 3.85. The Kier molecular flexibility index (Phi) is 5.38. The van der Waals surface area contributed by atoms with Crippen LogP contribution in [0, 0.1) is 0 Å². The summed E-state index contributed by atoms with van der Waals surface area (Å²) >= 11 is 11.9.